The molecular weight excluding hydrogens is 428 g/mol. The van der Waals surface area contributed by atoms with Crippen LogP contribution in [0.25, 0.3) is 21.9 Å². The van der Waals surface area contributed by atoms with Gasteiger partial charge >= 0.3 is 0 Å². The number of aromatic amines is 1. The van der Waals surface area contributed by atoms with Crippen LogP contribution in [0.3, 0.4) is 0 Å². The van der Waals surface area contributed by atoms with E-state index in [1.54, 1.807) is 24.2 Å². The molecule has 34 heavy (non-hydrogen) atoms. The van der Waals surface area contributed by atoms with Gasteiger partial charge in [-0.2, -0.15) is 0 Å². The summed E-state index contributed by atoms with van der Waals surface area (Å²) in [6.45, 7) is 7.52. The smallest absolute Gasteiger partial charge is 0.253 e. The molecule has 0 radical (unpaired) electrons. The SMILES string of the molecule is Cc1cc(N2CC[C@@](O)(CN(C)C(=O)c3ccc4nc(C(C)C)[nH]c4c3)C2)c2cnccc2n1. The van der Waals surface area contributed by atoms with Crippen molar-refractivity contribution >= 4 is 33.5 Å². The summed E-state index contributed by atoms with van der Waals surface area (Å²) in [5.74, 6) is 1.07. The molecule has 1 amide bonds. The van der Waals surface area contributed by atoms with E-state index < -0.39 is 5.60 Å². The molecule has 1 fully saturated rings. The van der Waals surface area contributed by atoms with E-state index in [0.29, 0.717) is 25.1 Å². The monoisotopic (exact) mass is 458 g/mol. The Labute approximate surface area is 198 Å². The van der Waals surface area contributed by atoms with E-state index in [0.717, 1.165) is 39.1 Å². The van der Waals surface area contributed by atoms with Crippen molar-refractivity contribution < 1.29 is 9.90 Å². The number of carbonyl (C=O) groups is 1. The fourth-order valence-electron chi connectivity index (χ4n) is 4.80. The minimum absolute atomic E-state index is 0.121. The molecule has 1 atom stereocenters. The van der Waals surface area contributed by atoms with Gasteiger partial charge in [0.1, 0.15) is 11.4 Å². The van der Waals surface area contributed by atoms with E-state index in [1.165, 1.54) is 0 Å². The first kappa shape index (κ1) is 22.3. The number of fused-ring (bicyclic) bond motifs is 2. The Hall–Kier alpha value is -3.52. The minimum Gasteiger partial charge on any atom is -0.386 e. The molecule has 1 saturated heterocycles. The molecule has 3 aromatic heterocycles. The number of benzene rings is 1. The van der Waals surface area contributed by atoms with Gasteiger partial charge in [-0.1, -0.05) is 13.8 Å². The average Bonchev–Trinajstić information content (AvgIpc) is 3.41. The second kappa shape index (κ2) is 8.36. The summed E-state index contributed by atoms with van der Waals surface area (Å²) < 4.78 is 0. The number of pyridine rings is 2. The molecule has 8 nitrogen and oxygen atoms in total. The summed E-state index contributed by atoms with van der Waals surface area (Å²) in [5.41, 5.74) is 4.11. The number of likely N-dealkylation sites (N-methyl/N-ethyl adjacent to an activating group) is 1. The van der Waals surface area contributed by atoms with Gasteiger partial charge in [0.2, 0.25) is 0 Å². The van der Waals surface area contributed by atoms with Crippen molar-refractivity contribution in [2.24, 2.45) is 0 Å². The van der Waals surface area contributed by atoms with Gasteiger partial charge in [0.25, 0.3) is 5.91 Å². The molecule has 4 heterocycles. The Morgan fingerprint density at radius 3 is 2.85 bits per heavy atom. The van der Waals surface area contributed by atoms with Gasteiger partial charge in [0, 0.05) is 60.8 Å². The van der Waals surface area contributed by atoms with E-state index in [-0.39, 0.29) is 18.4 Å². The van der Waals surface area contributed by atoms with Gasteiger partial charge in [-0.15, -0.1) is 0 Å². The molecule has 1 aliphatic rings. The van der Waals surface area contributed by atoms with Gasteiger partial charge in [-0.3, -0.25) is 14.8 Å². The zero-order valence-corrected chi connectivity index (χ0v) is 20.0. The Bertz CT molecular complexity index is 1380. The maximum atomic E-state index is 13.2. The van der Waals surface area contributed by atoms with Crippen molar-refractivity contribution in [3.8, 4) is 0 Å². The number of H-pyrrole nitrogens is 1. The number of aryl methyl sites for hydroxylation is 1. The number of nitrogens with zero attached hydrogens (tertiary/aromatic N) is 5. The summed E-state index contributed by atoms with van der Waals surface area (Å²) in [7, 11) is 1.75. The Morgan fingerprint density at radius 1 is 1.24 bits per heavy atom. The number of rotatable bonds is 5. The predicted octanol–water partition coefficient (Wildman–Crippen LogP) is 3.65. The molecule has 4 aromatic rings. The fourth-order valence-corrected chi connectivity index (χ4v) is 4.80. The van der Waals surface area contributed by atoms with Crippen LogP contribution < -0.4 is 4.90 Å². The Kier molecular flexibility index (Phi) is 5.48. The number of aliphatic hydroxyl groups is 1. The molecule has 176 valence electrons. The second-order valence-electron chi connectivity index (χ2n) is 9.74. The van der Waals surface area contributed by atoms with Gasteiger partial charge in [-0.25, -0.2) is 4.98 Å². The summed E-state index contributed by atoms with van der Waals surface area (Å²) in [6, 6.07) is 9.46. The minimum atomic E-state index is -1.00. The highest BCUT2D eigenvalue weighted by Crippen LogP contribution is 2.32. The number of anilines is 1. The largest absolute Gasteiger partial charge is 0.386 e. The molecule has 0 spiro atoms. The van der Waals surface area contributed by atoms with E-state index in [1.807, 2.05) is 37.4 Å². The van der Waals surface area contributed by atoms with Crippen molar-refractivity contribution in [1.29, 1.82) is 0 Å². The van der Waals surface area contributed by atoms with Gasteiger partial charge in [-0.05, 0) is 43.7 Å². The second-order valence-corrected chi connectivity index (χ2v) is 9.74. The molecule has 0 saturated carbocycles. The van der Waals surface area contributed by atoms with Crippen LogP contribution >= 0.6 is 0 Å². The van der Waals surface area contributed by atoms with Crippen molar-refractivity contribution in [2.45, 2.75) is 38.7 Å². The molecule has 2 N–H and O–H groups in total. The van der Waals surface area contributed by atoms with Crippen LogP contribution in [-0.4, -0.2) is 68.1 Å². The number of nitrogens with one attached hydrogen (secondary N) is 1. The lowest BCUT2D eigenvalue weighted by molar-refractivity contribution is 0.0265. The molecule has 0 bridgehead atoms. The number of hydrogen-bond donors (Lipinski definition) is 2. The summed E-state index contributed by atoms with van der Waals surface area (Å²) in [5, 5.41) is 12.4. The van der Waals surface area contributed by atoms with E-state index in [9.17, 15) is 9.90 Å². The van der Waals surface area contributed by atoms with Crippen molar-refractivity contribution in [2.75, 3.05) is 31.6 Å². The van der Waals surface area contributed by atoms with Crippen LogP contribution in [0.15, 0.2) is 42.7 Å². The number of aromatic nitrogens is 4. The average molecular weight is 459 g/mol. The maximum absolute atomic E-state index is 13.2. The number of carbonyl (C=O) groups excluding carboxylic acids is 1. The predicted molar refractivity (Wildman–Crippen MR) is 133 cm³/mol. The van der Waals surface area contributed by atoms with Crippen LogP contribution in [0.1, 0.15) is 48.1 Å². The highest BCUT2D eigenvalue weighted by atomic mass is 16.3. The van der Waals surface area contributed by atoms with Crippen molar-refractivity contribution in [3.05, 3.63) is 59.8 Å². The third-order valence-electron chi connectivity index (χ3n) is 6.56. The van der Waals surface area contributed by atoms with Crippen LogP contribution in [0.4, 0.5) is 5.69 Å². The number of amides is 1. The standard InChI is InChI=1S/C26H30N6O2/c1-16(2)24-29-21-6-5-18(12-22(21)30-24)25(33)31(4)14-26(34)8-10-32(15-26)23-11-17(3)28-20-7-9-27-13-19(20)23/h5-7,9,11-13,16,34H,8,10,14-15H2,1-4H3,(H,29,30)/t26-/m1/s1. The molecule has 1 aliphatic heterocycles. The van der Waals surface area contributed by atoms with E-state index in [2.05, 4.69) is 38.7 Å². The summed E-state index contributed by atoms with van der Waals surface area (Å²) in [4.78, 5) is 33.7. The van der Waals surface area contributed by atoms with Gasteiger partial charge in [0.15, 0.2) is 0 Å². The third kappa shape index (κ3) is 4.09. The number of imidazole rings is 1. The first-order chi connectivity index (χ1) is 16.2. The highest BCUT2D eigenvalue weighted by Gasteiger charge is 2.38. The van der Waals surface area contributed by atoms with E-state index >= 15 is 0 Å². The zero-order chi connectivity index (χ0) is 24.0. The van der Waals surface area contributed by atoms with Crippen LogP contribution in [0.5, 0.6) is 0 Å². The van der Waals surface area contributed by atoms with E-state index in [4.69, 9.17) is 0 Å². The number of hydrogen-bond acceptors (Lipinski definition) is 6. The van der Waals surface area contributed by atoms with Crippen molar-refractivity contribution in [3.63, 3.8) is 0 Å². The van der Waals surface area contributed by atoms with Gasteiger partial charge in [0.05, 0.1) is 23.1 Å². The lowest BCUT2D eigenvalue weighted by atomic mass is 10.0. The van der Waals surface area contributed by atoms with Crippen LogP contribution in [0.2, 0.25) is 0 Å². The number of β-amino-alcohol motifs (C(OH)–C–C–N with tert-alkyl or cyclic N) is 1. The highest BCUT2D eigenvalue weighted by molar-refractivity contribution is 5.97. The maximum Gasteiger partial charge on any atom is 0.253 e. The van der Waals surface area contributed by atoms with Crippen LogP contribution in [0, 0.1) is 6.92 Å². The molecule has 0 aliphatic carbocycles. The lowest BCUT2D eigenvalue weighted by Crippen LogP contribution is -2.45. The lowest BCUT2D eigenvalue weighted by Gasteiger charge is -2.29. The third-order valence-corrected chi connectivity index (χ3v) is 6.56. The molecule has 1 aromatic carbocycles. The first-order valence-electron chi connectivity index (χ1n) is 11.7. The summed E-state index contributed by atoms with van der Waals surface area (Å²) in [6.07, 6.45) is 4.13. The molecule has 0 unspecified atom stereocenters. The fraction of sp³-hybridized carbons (Fsp3) is 0.385. The first-order valence-corrected chi connectivity index (χ1v) is 11.7. The van der Waals surface area contributed by atoms with Crippen LogP contribution in [-0.2, 0) is 0 Å². The van der Waals surface area contributed by atoms with Gasteiger partial charge < -0.3 is 19.9 Å². The molecule has 8 heteroatoms. The summed E-state index contributed by atoms with van der Waals surface area (Å²) >= 11 is 0. The molecule has 5 rings (SSSR count). The Morgan fingerprint density at radius 2 is 2.06 bits per heavy atom. The quantitative estimate of drug-likeness (QED) is 0.474. The normalized spacial score (nSPS) is 18.4. The topological polar surface area (TPSA) is 98.2 Å². The Balaban J connectivity index is 1.33. The van der Waals surface area contributed by atoms with Crippen molar-refractivity contribution in [1.82, 2.24) is 24.8 Å². The molecular formula is C26H30N6O2. The zero-order valence-electron chi connectivity index (χ0n) is 20.0.